The van der Waals surface area contributed by atoms with Gasteiger partial charge in [0.15, 0.2) is 0 Å². The van der Waals surface area contributed by atoms with Crippen molar-refractivity contribution in [3.05, 3.63) is 42.0 Å². The summed E-state index contributed by atoms with van der Waals surface area (Å²) in [6.07, 6.45) is 6.83. The lowest BCUT2D eigenvalue weighted by molar-refractivity contribution is -0.116. The first-order chi connectivity index (χ1) is 9.56. The third-order valence-corrected chi connectivity index (χ3v) is 3.36. The topological polar surface area (TPSA) is 49.4 Å². The van der Waals surface area contributed by atoms with Crippen LogP contribution in [0.5, 0.6) is 0 Å². The molecule has 0 saturated heterocycles. The van der Waals surface area contributed by atoms with Gasteiger partial charge in [0, 0.05) is 31.8 Å². The highest BCUT2D eigenvalue weighted by atomic mass is 16.2. The summed E-state index contributed by atoms with van der Waals surface area (Å²) in [4.78, 5) is 25.3. The SMILES string of the molecule is CN(C)C(=O)c1cccc(NC(=O)CC2C=CCC2)c1. The molecule has 2 amide bonds. The smallest absolute Gasteiger partial charge is 0.253 e. The highest BCUT2D eigenvalue weighted by molar-refractivity contribution is 5.97. The van der Waals surface area contributed by atoms with Gasteiger partial charge in [0.05, 0.1) is 0 Å². The number of benzene rings is 1. The second-order valence-corrected chi connectivity index (χ2v) is 5.30. The maximum atomic E-state index is 11.9. The molecule has 0 spiro atoms. The van der Waals surface area contributed by atoms with Gasteiger partial charge in [0.25, 0.3) is 5.91 Å². The van der Waals surface area contributed by atoms with Gasteiger partial charge in [0.2, 0.25) is 5.91 Å². The van der Waals surface area contributed by atoms with E-state index in [-0.39, 0.29) is 11.8 Å². The molecule has 0 heterocycles. The minimum Gasteiger partial charge on any atom is -0.345 e. The molecule has 1 aliphatic rings. The molecule has 0 aliphatic heterocycles. The molecule has 0 saturated carbocycles. The van der Waals surface area contributed by atoms with Crippen LogP contribution in [0.25, 0.3) is 0 Å². The number of rotatable bonds is 4. The summed E-state index contributed by atoms with van der Waals surface area (Å²) >= 11 is 0. The van der Waals surface area contributed by atoms with Gasteiger partial charge in [0.1, 0.15) is 0 Å². The van der Waals surface area contributed by atoms with E-state index in [1.807, 2.05) is 0 Å². The molecular weight excluding hydrogens is 252 g/mol. The molecule has 4 heteroatoms. The minimum atomic E-state index is -0.0696. The van der Waals surface area contributed by atoms with Crippen molar-refractivity contribution in [2.24, 2.45) is 5.92 Å². The molecule has 0 aromatic heterocycles. The van der Waals surface area contributed by atoms with Gasteiger partial charge in [-0.2, -0.15) is 0 Å². The van der Waals surface area contributed by atoms with E-state index >= 15 is 0 Å². The van der Waals surface area contributed by atoms with E-state index < -0.39 is 0 Å². The Balaban J connectivity index is 1.98. The molecule has 4 nitrogen and oxygen atoms in total. The molecule has 1 N–H and O–H groups in total. The first kappa shape index (κ1) is 14.3. The van der Waals surface area contributed by atoms with Crippen molar-refractivity contribution in [3.63, 3.8) is 0 Å². The third kappa shape index (κ3) is 3.70. The van der Waals surface area contributed by atoms with Crippen LogP contribution in [0.4, 0.5) is 5.69 Å². The van der Waals surface area contributed by atoms with E-state index in [4.69, 9.17) is 0 Å². The third-order valence-electron chi connectivity index (χ3n) is 3.36. The Morgan fingerprint density at radius 3 is 2.80 bits per heavy atom. The number of carbonyl (C=O) groups excluding carboxylic acids is 2. The van der Waals surface area contributed by atoms with Crippen molar-refractivity contribution < 1.29 is 9.59 Å². The maximum absolute atomic E-state index is 11.9. The van der Waals surface area contributed by atoms with Gasteiger partial charge < -0.3 is 10.2 Å². The lowest BCUT2D eigenvalue weighted by atomic mass is 10.0. The van der Waals surface area contributed by atoms with Gasteiger partial charge in [-0.1, -0.05) is 18.2 Å². The second-order valence-electron chi connectivity index (χ2n) is 5.30. The molecule has 0 fully saturated rings. The van der Waals surface area contributed by atoms with Crippen molar-refractivity contribution in [1.29, 1.82) is 0 Å². The van der Waals surface area contributed by atoms with Gasteiger partial charge in [-0.3, -0.25) is 9.59 Å². The molecule has 106 valence electrons. The molecule has 1 aromatic carbocycles. The fourth-order valence-electron chi connectivity index (χ4n) is 2.30. The number of hydrogen-bond acceptors (Lipinski definition) is 2. The minimum absolute atomic E-state index is 0.00370. The van der Waals surface area contributed by atoms with Crippen LogP contribution >= 0.6 is 0 Å². The Bertz CT molecular complexity index is 535. The number of carbonyl (C=O) groups is 2. The van der Waals surface area contributed by atoms with E-state index in [1.54, 1.807) is 38.4 Å². The van der Waals surface area contributed by atoms with Crippen LogP contribution in [0.2, 0.25) is 0 Å². The van der Waals surface area contributed by atoms with Crippen LogP contribution in [-0.2, 0) is 4.79 Å². The highest BCUT2D eigenvalue weighted by Gasteiger charge is 2.14. The Labute approximate surface area is 119 Å². The molecule has 2 rings (SSSR count). The van der Waals surface area contributed by atoms with Crippen LogP contribution in [0.15, 0.2) is 36.4 Å². The van der Waals surface area contributed by atoms with Crippen molar-refractivity contribution >= 4 is 17.5 Å². The van der Waals surface area contributed by atoms with Crippen molar-refractivity contribution in [2.45, 2.75) is 19.3 Å². The monoisotopic (exact) mass is 272 g/mol. The highest BCUT2D eigenvalue weighted by Crippen LogP contribution is 2.21. The van der Waals surface area contributed by atoms with Crippen molar-refractivity contribution in [2.75, 3.05) is 19.4 Å². The molecule has 1 atom stereocenters. The summed E-state index contributed by atoms with van der Waals surface area (Å²) in [6, 6.07) is 7.04. The molecule has 1 unspecified atom stereocenters. The van der Waals surface area contributed by atoms with Crippen molar-refractivity contribution in [3.8, 4) is 0 Å². The Hall–Kier alpha value is -2.10. The number of nitrogens with one attached hydrogen (secondary N) is 1. The van der Waals surface area contributed by atoms with E-state index in [2.05, 4.69) is 17.5 Å². The van der Waals surface area contributed by atoms with Crippen LogP contribution < -0.4 is 5.32 Å². The van der Waals surface area contributed by atoms with E-state index in [9.17, 15) is 9.59 Å². The van der Waals surface area contributed by atoms with E-state index in [0.29, 0.717) is 23.6 Å². The zero-order chi connectivity index (χ0) is 14.5. The average molecular weight is 272 g/mol. The Morgan fingerprint density at radius 1 is 1.35 bits per heavy atom. The van der Waals surface area contributed by atoms with Gasteiger partial charge in [-0.05, 0) is 37.0 Å². The maximum Gasteiger partial charge on any atom is 0.253 e. The molecule has 0 bridgehead atoms. The zero-order valence-electron chi connectivity index (χ0n) is 11.9. The summed E-state index contributed by atoms with van der Waals surface area (Å²) < 4.78 is 0. The molecule has 0 radical (unpaired) electrons. The number of anilines is 1. The van der Waals surface area contributed by atoms with Gasteiger partial charge in [-0.15, -0.1) is 0 Å². The molecular formula is C16H20N2O2. The predicted octanol–water partition coefficient (Wildman–Crippen LogP) is 2.68. The number of nitrogens with zero attached hydrogens (tertiary/aromatic N) is 1. The summed E-state index contributed by atoms with van der Waals surface area (Å²) in [5, 5.41) is 2.86. The lowest BCUT2D eigenvalue weighted by Gasteiger charge is -2.12. The Morgan fingerprint density at radius 2 is 2.15 bits per heavy atom. The molecule has 1 aromatic rings. The first-order valence-corrected chi connectivity index (χ1v) is 6.84. The van der Waals surface area contributed by atoms with Gasteiger partial charge in [-0.25, -0.2) is 0 Å². The quantitative estimate of drug-likeness (QED) is 0.857. The van der Waals surface area contributed by atoms with Crippen LogP contribution in [0, 0.1) is 5.92 Å². The fraction of sp³-hybridized carbons (Fsp3) is 0.375. The van der Waals surface area contributed by atoms with Crippen LogP contribution in [-0.4, -0.2) is 30.8 Å². The van der Waals surface area contributed by atoms with Gasteiger partial charge >= 0.3 is 0 Å². The van der Waals surface area contributed by atoms with Crippen LogP contribution in [0.3, 0.4) is 0 Å². The standard InChI is InChI=1S/C16H20N2O2/c1-18(2)16(20)13-8-5-9-14(11-13)17-15(19)10-12-6-3-4-7-12/h3,5-6,8-9,11-12H,4,7,10H2,1-2H3,(H,17,19). The van der Waals surface area contributed by atoms with E-state index in [0.717, 1.165) is 12.8 Å². The average Bonchev–Trinajstić information content (AvgIpc) is 2.90. The lowest BCUT2D eigenvalue weighted by Crippen LogP contribution is -2.22. The van der Waals surface area contributed by atoms with E-state index in [1.165, 1.54) is 4.90 Å². The molecule has 20 heavy (non-hydrogen) atoms. The largest absolute Gasteiger partial charge is 0.345 e. The number of amides is 2. The zero-order valence-corrected chi connectivity index (χ0v) is 11.9. The number of hydrogen-bond donors (Lipinski definition) is 1. The first-order valence-electron chi connectivity index (χ1n) is 6.84. The summed E-state index contributed by atoms with van der Waals surface area (Å²) in [6.45, 7) is 0. The van der Waals surface area contributed by atoms with Crippen molar-refractivity contribution in [1.82, 2.24) is 4.90 Å². The Kier molecular flexibility index (Phi) is 4.56. The summed E-state index contributed by atoms with van der Waals surface area (Å²) in [5.41, 5.74) is 1.25. The normalized spacial score (nSPS) is 17.0. The summed E-state index contributed by atoms with van der Waals surface area (Å²) in [5.74, 6) is 0.275. The molecule has 1 aliphatic carbocycles. The fourth-order valence-corrected chi connectivity index (χ4v) is 2.30. The van der Waals surface area contributed by atoms with Crippen LogP contribution in [0.1, 0.15) is 29.6 Å². The summed E-state index contributed by atoms with van der Waals surface area (Å²) in [7, 11) is 3.42. The number of allylic oxidation sites excluding steroid dienone is 2. The second kappa shape index (κ2) is 6.37. The predicted molar refractivity (Wildman–Crippen MR) is 79.6 cm³/mol.